The fourth-order valence-electron chi connectivity index (χ4n) is 9.45. The summed E-state index contributed by atoms with van der Waals surface area (Å²) >= 11 is 0. The number of carboxylic acids is 1. The van der Waals surface area contributed by atoms with E-state index in [4.69, 9.17) is 14.2 Å². The molecule has 11 heteroatoms. The first kappa shape index (κ1) is 41.2. The van der Waals surface area contributed by atoms with Gasteiger partial charge in [-0.1, -0.05) is 68.7 Å². The van der Waals surface area contributed by atoms with Gasteiger partial charge in [0.25, 0.3) is 0 Å². The molecule has 3 rings (SSSR count). The lowest BCUT2D eigenvalue weighted by Crippen LogP contribution is -2.64. The van der Waals surface area contributed by atoms with Gasteiger partial charge in [-0.15, -0.1) is 0 Å². The molecule has 48 heavy (non-hydrogen) atoms. The van der Waals surface area contributed by atoms with Crippen molar-refractivity contribution in [3.8, 4) is 0 Å². The second-order valence-electron chi connectivity index (χ2n) is 15.9. The van der Waals surface area contributed by atoms with Gasteiger partial charge in [0.1, 0.15) is 17.3 Å². The number of aliphatic hydroxyl groups is 5. The van der Waals surface area contributed by atoms with Gasteiger partial charge in [-0.25, -0.2) is 0 Å². The molecule has 3 saturated heterocycles. The Morgan fingerprint density at radius 1 is 0.938 bits per heavy atom. The van der Waals surface area contributed by atoms with Crippen LogP contribution >= 0.6 is 0 Å². The van der Waals surface area contributed by atoms with E-state index in [2.05, 4.69) is 0 Å². The first-order chi connectivity index (χ1) is 22.2. The number of Topliss-reactive ketones (excluding diaryl/α,β-unsaturated/α-hetero) is 1. The van der Waals surface area contributed by atoms with Crippen LogP contribution in [0.5, 0.6) is 0 Å². The molecule has 0 radical (unpaired) electrons. The molecule has 0 unspecified atom stereocenters. The Morgan fingerprint density at radius 2 is 1.54 bits per heavy atom. The number of ketones is 1. The second-order valence-corrected chi connectivity index (χ2v) is 15.9. The van der Waals surface area contributed by atoms with Gasteiger partial charge in [0.05, 0.1) is 36.1 Å². The van der Waals surface area contributed by atoms with Crippen molar-refractivity contribution in [2.45, 2.75) is 174 Å². The van der Waals surface area contributed by atoms with Crippen molar-refractivity contribution in [1.82, 2.24) is 0 Å². The molecule has 0 aromatic rings. The molecule has 6 N–H and O–H groups in total. The number of carbonyl (C=O) groups excluding carboxylic acids is 1. The van der Waals surface area contributed by atoms with E-state index in [9.17, 15) is 40.2 Å². The van der Waals surface area contributed by atoms with Crippen molar-refractivity contribution >= 4 is 11.8 Å². The highest BCUT2D eigenvalue weighted by Gasteiger charge is 2.67. The van der Waals surface area contributed by atoms with Crippen LogP contribution < -0.4 is 0 Å². The topological polar surface area (TPSA) is 183 Å². The average Bonchev–Trinajstić information content (AvgIpc) is 3.51. The van der Waals surface area contributed by atoms with E-state index in [1.165, 1.54) is 6.92 Å². The van der Waals surface area contributed by atoms with Gasteiger partial charge in [-0.3, -0.25) is 9.59 Å². The summed E-state index contributed by atoms with van der Waals surface area (Å²) in [4.78, 5) is 26.1. The number of hydrogen-bond donors (Lipinski definition) is 6. The van der Waals surface area contributed by atoms with Crippen LogP contribution in [-0.2, 0) is 23.8 Å². The summed E-state index contributed by atoms with van der Waals surface area (Å²) in [6, 6.07) is 0. The van der Waals surface area contributed by atoms with Crippen molar-refractivity contribution in [2.75, 3.05) is 0 Å². The zero-order chi connectivity index (χ0) is 36.7. The van der Waals surface area contributed by atoms with Gasteiger partial charge in [-0.05, 0) is 58.3 Å². The number of aliphatic hydroxyl groups excluding tert-OH is 3. The minimum absolute atomic E-state index is 0.127. The molecule has 280 valence electrons. The van der Waals surface area contributed by atoms with Crippen LogP contribution in [0.3, 0.4) is 0 Å². The number of hydrogen-bond acceptors (Lipinski definition) is 10. The Balaban J connectivity index is 1.84. The van der Waals surface area contributed by atoms with Crippen LogP contribution in [0.4, 0.5) is 0 Å². The summed E-state index contributed by atoms with van der Waals surface area (Å²) in [6.45, 7) is 19.7. The molecule has 11 nitrogen and oxygen atoms in total. The lowest BCUT2D eigenvalue weighted by atomic mass is 9.70. The maximum atomic E-state index is 14.2. The van der Waals surface area contributed by atoms with E-state index < -0.39 is 94.8 Å². The van der Waals surface area contributed by atoms with E-state index in [1.54, 1.807) is 20.8 Å². The molecular formula is C37H66O11. The fraction of sp³-hybridized carbons (Fsp3) is 0.946. The Hall–Kier alpha value is -1.18. The molecule has 17 atom stereocenters. The van der Waals surface area contributed by atoms with Crippen LogP contribution in [0.2, 0.25) is 0 Å². The van der Waals surface area contributed by atoms with E-state index in [1.807, 2.05) is 48.5 Å². The van der Waals surface area contributed by atoms with Crippen molar-refractivity contribution in [1.29, 1.82) is 0 Å². The van der Waals surface area contributed by atoms with Crippen molar-refractivity contribution in [3.63, 3.8) is 0 Å². The lowest BCUT2D eigenvalue weighted by molar-refractivity contribution is -0.346. The van der Waals surface area contributed by atoms with Gasteiger partial charge >= 0.3 is 5.97 Å². The number of aliphatic carboxylic acids is 1. The third-order valence-electron chi connectivity index (χ3n) is 12.9. The van der Waals surface area contributed by atoms with Gasteiger partial charge < -0.3 is 44.8 Å². The molecule has 3 aliphatic rings. The predicted octanol–water partition coefficient (Wildman–Crippen LogP) is 4.28. The van der Waals surface area contributed by atoms with E-state index in [-0.39, 0.29) is 17.6 Å². The summed E-state index contributed by atoms with van der Waals surface area (Å²) in [7, 11) is 0. The molecular weight excluding hydrogens is 620 g/mol. The highest BCUT2D eigenvalue weighted by molar-refractivity contribution is 5.84. The normalized spacial score (nSPS) is 44.1. The van der Waals surface area contributed by atoms with E-state index in [0.29, 0.717) is 38.5 Å². The van der Waals surface area contributed by atoms with Crippen molar-refractivity contribution < 1.29 is 54.4 Å². The highest BCUT2D eigenvalue weighted by Crippen LogP contribution is 2.56. The summed E-state index contributed by atoms with van der Waals surface area (Å²) in [5, 5.41) is 67.2. The number of carbonyl (C=O) groups is 2. The molecule has 0 aliphatic carbocycles. The number of ether oxygens (including phenoxy) is 3. The third-order valence-corrected chi connectivity index (χ3v) is 12.9. The Bertz CT molecular complexity index is 1120. The molecule has 3 fully saturated rings. The zero-order valence-electron chi connectivity index (χ0n) is 31.2. The first-order valence-corrected chi connectivity index (χ1v) is 18.5. The Kier molecular flexibility index (Phi) is 13.1. The molecule has 0 aromatic heterocycles. The van der Waals surface area contributed by atoms with Gasteiger partial charge in [-0.2, -0.15) is 0 Å². The Labute approximate surface area is 287 Å². The van der Waals surface area contributed by atoms with Crippen LogP contribution in [-0.4, -0.2) is 95.7 Å². The number of rotatable bonds is 15. The number of carboxylic acid groups (broad SMARTS) is 1. The summed E-state index contributed by atoms with van der Waals surface area (Å²) in [5.41, 5.74) is -2.05. The fourth-order valence-corrected chi connectivity index (χ4v) is 9.45. The SMILES string of the molecule is CCC[C@@H](O)[C@]1(CC)C[C@@H](C)[C@@](O)([C@@]2(C)C[C@@H](C)[C@H]([C@H](CC)C(=O)[C@H](C)[C@H](O)[C@H](C)[C@H]3O[C@@](O)([C@H](C)C(=O)O)[C@H](C)[C@@H](O)[C@@H]3CC)O2)O1. The summed E-state index contributed by atoms with van der Waals surface area (Å²) in [5.74, 6) is -10.8. The van der Waals surface area contributed by atoms with E-state index >= 15 is 0 Å². The summed E-state index contributed by atoms with van der Waals surface area (Å²) in [6.07, 6.45) is -0.861. The largest absolute Gasteiger partial charge is 0.481 e. The molecule has 0 bridgehead atoms. The molecule has 0 aromatic carbocycles. The molecule has 0 amide bonds. The van der Waals surface area contributed by atoms with Gasteiger partial charge in [0, 0.05) is 35.5 Å². The Morgan fingerprint density at radius 3 is 2.04 bits per heavy atom. The first-order valence-electron chi connectivity index (χ1n) is 18.5. The summed E-state index contributed by atoms with van der Waals surface area (Å²) < 4.78 is 19.3. The molecule has 3 heterocycles. The van der Waals surface area contributed by atoms with Gasteiger partial charge in [0.2, 0.25) is 0 Å². The van der Waals surface area contributed by atoms with Crippen LogP contribution in [0.1, 0.15) is 121 Å². The highest BCUT2D eigenvalue weighted by atomic mass is 16.7. The van der Waals surface area contributed by atoms with Crippen molar-refractivity contribution in [3.05, 3.63) is 0 Å². The average molecular weight is 687 g/mol. The van der Waals surface area contributed by atoms with Crippen LogP contribution in [0, 0.1) is 47.3 Å². The van der Waals surface area contributed by atoms with Gasteiger partial charge in [0.15, 0.2) is 11.6 Å². The van der Waals surface area contributed by atoms with Crippen molar-refractivity contribution in [2.24, 2.45) is 47.3 Å². The zero-order valence-corrected chi connectivity index (χ0v) is 31.2. The smallest absolute Gasteiger partial charge is 0.311 e. The molecule has 0 saturated carbocycles. The van der Waals surface area contributed by atoms with Crippen LogP contribution in [0.25, 0.3) is 0 Å². The monoisotopic (exact) mass is 686 g/mol. The van der Waals surface area contributed by atoms with E-state index in [0.717, 1.165) is 6.42 Å². The third kappa shape index (κ3) is 6.88. The predicted molar refractivity (Wildman–Crippen MR) is 180 cm³/mol. The minimum atomic E-state index is -2.17. The lowest BCUT2D eigenvalue weighted by Gasteiger charge is -2.52. The maximum Gasteiger partial charge on any atom is 0.311 e. The van der Waals surface area contributed by atoms with Crippen LogP contribution in [0.15, 0.2) is 0 Å². The molecule has 3 aliphatic heterocycles. The second kappa shape index (κ2) is 15.2. The quantitative estimate of drug-likeness (QED) is 0.145. The standard InChI is InChI=1S/C37H66O11/c1-12-16-27(38)35(15-4)18-20(6)37(45,48-35)34(11)17-19(5)31(46-34)25(13-2)29(40)21(7)28(39)22(8)32-26(14-3)30(41)23(9)36(44,47-32)24(10)33(42)43/h19-28,30-32,38-39,41,44-45H,12-18H2,1-11H3,(H,42,43)/t19-,20-,21-,22+,23-,24-,25-,26+,27-,28+,30-,31-,32-,34-,35+,36-,37+/m1/s1. The maximum absolute atomic E-state index is 14.2. The molecule has 0 spiro atoms. The minimum Gasteiger partial charge on any atom is -0.481 e.